The van der Waals surface area contributed by atoms with E-state index < -0.39 is 18.1 Å². The monoisotopic (exact) mass is 222 g/mol. The van der Waals surface area contributed by atoms with Crippen LogP contribution in [0.3, 0.4) is 0 Å². The first-order chi connectivity index (χ1) is 7.34. The summed E-state index contributed by atoms with van der Waals surface area (Å²) in [5.74, 6) is -1.08. The Labute approximate surface area is 95.3 Å². The van der Waals surface area contributed by atoms with Crippen LogP contribution in [0.25, 0.3) is 0 Å². The average molecular weight is 222 g/mol. The van der Waals surface area contributed by atoms with Crippen LogP contribution in [0.15, 0.2) is 12.1 Å². The fraction of sp³-hybridized carbons (Fsp3) is 0.417. The molecule has 0 saturated heterocycles. The van der Waals surface area contributed by atoms with Gasteiger partial charge in [0, 0.05) is 0 Å². The minimum absolute atomic E-state index is 0.668. The van der Waals surface area contributed by atoms with Crippen LogP contribution in [0.2, 0.25) is 0 Å². The fourth-order valence-corrected chi connectivity index (χ4v) is 2.05. The van der Waals surface area contributed by atoms with Crippen molar-refractivity contribution in [1.82, 2.24) is 0 Å². The van der Waals surface area contributed by atoms with E-state index in [2.05, 4.69) is 0 Å². The zero-order valence-corrected chi connectivity index (χ0v) is 9.82. The fourth-order valence-electron chi connectivity index (χ4n) is 2.05. The molecule has 1 aromatic carbocycles. The van der Waals surface area contributed by atoms with Gasteiger partial charge in [-0.1, -0.05) is 17.7 Å². The quantitative estimate of drug-likeness (QED) is 0.712. The Hall–Kier alpha value is -1.39. The van der Waals surface area contributed by atoms with Crippen molar-refractivity contribution in [1.29, 1.82) is 0 Å². The van der Waals surface area contributed by atoms with Gasteiger partial charge >= 0.3 is 5.97 Å². The Balaban J connectivity index is 3.18. The van der Waals surface area contributed by atoms with E-state index in [1.54, 1.807) is 0 Å². The number of carboxylic acid groups (broad SMARTS) is 1. The molecule has 1 aromatic rings. The molecule has 0 amide bonds. The summed E-state index contributed by atoms with van der Waals surface area (Å²) < 4.78 is 0. The van der Waals surface area contributed by atoms with Crippen molar-refractivity contribution in [2.45, 2.75) is 32.9 Å². The molecule has 0 spiro atoms. The van der Waals surface area contributed by atoms with Gasteiger partial charge in [0.1, 0.15) is 6.04 Å². The maximum absolute atomic E-state index is 10.8. The van der Waals surface area contributed by atoms with Crippen molar-refractivity contribution in [3.63, 3.8) is 0 Å². The van der Waals surface area contributed by atoms with Crippen molar-refractivity contribution in [3.05, 3.63) is 34.4 Å². The second-order valence-electron chi connectivity index (χ2n) is 4.20. The van der Waals surface area contributed by atoms with E-state index in [4.69, 9.17) is 16.6 Å². The third kappa shape index (κ3) is 2.40. The van der Waals surface area contributed by atoms with Crippen LogP contribution >= 0.6 is 0 Å². The van der Waals surface area contributed by atoms with Gasteiger partial charge < -0.3 is 16.6 Å². The van der Waals surface area contributed by atoms with Crippen LogP contribution in [0.5, 0.6) is 0 Å². The average Bonchev–Trinajstić information content (AvgIpc) is 2.14. The summed E-state index contributed by atoms with van der Waals surface area (Å²) in [6.45, 7) is 5.83. The second kappa shape index (κ2) is 4.63. The van der Waals surface area contributed by atoms with Crippen molar-refractivity contribution < 1.29 is 9.90 Å². The molecule has 4 nitrogen and oxygen atoms in total. The number of hydrogen-bond acceptors (Lipinski definition) is 3. The van der Waals surface area contributed by atoms with E-state index in [-0.39, 0.29) is 0 Å². The lowest BCUT2D eigenvalue weighted by Gasteiger charge is -2.21. The number of carbonyl (C=O) groups is 1. The summed E-state index contributed by atoms with van der Waals surface area (Å²) in [5.41, 5.74) is 15.4. The Morgan fingerprint density at radius 2 is 1.62 bits per heavy atom. The predicted molar refractivity (Wildman–Crippen MR) is 63.2 cm³/mol. The summed E-state index contributed by atoms with van der Waals surface area (Å²) in [7, 11) is 0. The van der Waals surface area contributed by atoms with Gasteiger partial charge in [0.2, 0.25) is 0 Å². The molecule has 0 bridgehead atoms. The molecule has 16 heavy (non-hydrogen) atoms. The third-order valence-corrected chi connectivity index (χ3v) is 2.74. The molecule has 0 aliphatic heterocycles. The SMILES string of the molecule is Cc1cc(C)c(C(N)C(N)C(=O)O)c(C)c1. The Morgan fingerprint density at radius 3 is 2.00 bits per heavy atom. The van der Waals surface area contributed by atoms with Gasteiger partial charge in [0.25, 0.3) is 0 Å². The first-order valence-electron chi connectivity index (χ1n) is 5.16. The van der Waals surface area contributed by atoms with Gasteiger partial charge in [0.05, 0.1) is 6.04 Å². The third-order valence-electron chi connectivity index (χ3n) is 2.74. The summed E-state index contributed by atoms with van der Waals surface area (Å²) in [5, 5.41) is 8.85. The highest BCUT2D eigenvalue weighted by molar-refractivity contribution is 5.74. The number of carboxylic acids is 1. The molecule has 0 aliphatic carbocycles. The second-order valence-corrected chi connectivity index (χ2v) is 4.20. The van der Waals surface area contributed by atoms with E-state index in [1.807, 2.05) is 32.9 Å². The van der Waals surface area contributed by atoms with Crippen LogP contribution in [0, 0.1) is 20.8 Å². The summed E-state index contributed by atoms with van der Waals surface area (Å²) >= 11 is 0. The van der Waals surface area contributed by atoms with Gasteiger partial charge in [-0.2, -0.15) is 0 Å². The van der Waals surface area contributed by atoms with Crippen molar-refractivity contribution in [2.75, 3.05) is 0 Å². The molecule has 0 aliphatic rings. The molecule has 0 heterocycles. The lowest BCUT2D eigenvalue weighted by molar-refractivity contribution is -0.139. The molecule has 0 aromatic heterocycles. The van der Waals surface area contributed by atoms with Crippen molar-refractivity contribution >= 4 is 5.97 Å². The molecular weight excluding hydrogens is 204 g/mol. The molecule has 2 atom stereocenters. The van der Waals surface area contributed by atoms with Gasteiger partial charge in [-0.3, -0.25) is 4.79 Å². The number of hydrogen-bond donors (Lipinski definition) is 3. The highest BCUT2D eigenvalue weighted by atomic mass is 16.4. The zero-order chi connectivity index (χ0) is 12.5. The predicted octanol–water partition coefficient (Wildman–Crippen LogP) is 1.02. The highest BCUT2D eigenvalue weighted by Crippen LogP contribution is 2.23. The standard InChI is InChI=1S/C12H18N2O2/c1-6-4-7(2)9(8(3)5-6)10(13)11(14)12(15)16/h4-5,10-11H,13-14H2,1-3H3,(H,15,16). The zero-order valence-electron chi connectivity index (χ0n) is 9.82. The van der Waals surface area contributed by atoms with Crippen molar-refractivity contribution in [2.24, 2.45) is 11.5 Å². The molecule has 2 unspecified atom stereocenters. The van der Waals surface area contributed by atoms with E-state index >= 15 is 0 Å². The maximum Gasteiger partial charge on any atom is 0.322 e. The minimum atomic E-state index is -1.08. The maximum atomic E-state index is 10.8. The topological polar surface area (TPSA) is 89.3 Å². The van der Waals surface area contributed by atoms with Gasteiger partial charge in [-0.15, -0.1) is 0 Å². The Kier molecular flexibility index (Phi) is 3.67. The molecule has 5 N–H and O–H groups in total. The van der Waals surface area contributed by atoms with Crippen LogP contribution in [-0.4, -0.2) is 17.1 Å². The van der Waals surface area contributed by atoms with E-state index in [9.17, 15) is 4.79 Å². The number of aryl methyl sites for hydroxylation is 3. The number of nitrogens with two attached hydrogens (primary N) is 2. The molecule has 0 fully saturated rings. The number of rotatable bonds is 3. The Morgan fingerprint density at radius 1 is 1.19 bits per heavy atom. The Bertz CT molecular complexity index is 392. The lowest BCUT2D eigenvalue weighted by atomic mass is 9.91. The highest BCUT2D eigenvalue weighted by Gasteiger charge is 2.24. The lowest BCUT2D eigenvalue weighted by Crippen LogP contribution is -2.41. The molecule has 0 radical (unpaired) electrons. The first-order valence-corrected chi connectivity index (χ1v) is 5.16. The van der Waals surface area contributed by atoms with Gasteiger partial charge in [0.15, 0.2) is 0 Å². The molecule has 0 saturated carbocycles. The van der Waals surface area contributed by atoms with Crippen LogP contribution in [0.4, 0.5) is 0 Å². The normalized spacial score (nSPS) is 14.6. The summed E-state index contributed by atoms with van der Waals surface area (Å²) in [6, 6.07) is 2.23. The van der Waals surface area contributed by atoms with E-state index in [0.29, 0.717) is 0 Å². The molecule has 1 rings (SSSR count). The summed E-state index contributed by atoms with van der Waals surface area (Å²) in [6.07, 6.45) is 0. The minimum Gasteiger partial charge on any atom is -0.480 e. The molecule has 4 heteroatoms. The molecule has 88 valence electrons. The van der Waals surface area contributed by atoms with Gasteiger partial charge in [-0.25, -0.2) is 0 Å². The smallest absolute Gasteiger partial charge is 0.322 e. The van der Waals surface area contributed by atoms with Crippen LogP contribution in [-0.2, 0) is 4.79 Å². The first kappa shape index (κ1) is 12.7. The van der Waals surface area contributed by atoms with E-state index in [1.165, 1.54) is 0 Å². The van der Waals surface area contributed by atoms with E-state index in [0.717, 1.165) is 22.3 Å². The summed E-state index contributed by atoms with van der Waals surface area (Å²) in [4.78, 5) is 10.8. The number of aliphatic carboxylic acids is 1. The van der Waals surface area contributed by atoms with Crippen molar-refractivity contribution in [3.8, 4) is 0 Å². The molecular formula is C12H18N2O2. The van der Waals surface area contributed by atoms with Crippen LogP contribution in [0.1, 0.15) is 28.3 Å². The number of benzene rings is 1. The largest absolute Gasteiger partial charge is 0.480 e. The van der Waals surface area contributed by atoms with Crippen LogP contribution < -0.4 is 11.5 Å². The van der Waals surface area contributed by atoms with Gasteiger partial charge in [-0.05, 0) is 37.5 Å².